The average molecular weight is 226 g/mol. The molecule has 0 unspecified atom stereocenters. The van der Waals surface area contributed by atoms with Crippen LogP contribution in [0.15, 0.2) is 49.3 Å². The van der Waals surface area contributed by atoms with E-state index in [1.54, 1.807) is 18.5 Å². The van der Waals surface area contributed by atoms with Crippen LogP contribution in [0.3, 0.4) is 0 Å². The van der Waals surface area contributed by atoms with Gasteiger partial charge in [0.25, 0.3) is 0 Å². The van der Waals surface area contributed by atoms with Gasteiger partial charge < -0.3 is 5.32 Å². The van der Waals surface area contributed by atoms with Crippen molar-refractivity contribution in [3.63, 3.8) is 0 Å². The Labute approximate surface area is 100 Å². The van der Waals surface area contributed by atoms with Gasteiger partial charge >= 0.3 is 0 Å². The number of pyridine rings is 1. The predicted octanol–water partition coefficient (Wildman–Crippen LogP) is 2.19. The molecule has 0 amide bonds. The number of nitrogens with one attached hydrogen (secondary N) is 1. The van der Waals surface area contributed by atoms with Crippen molar-refractivity contribution < 1.29 is 4.79 Å². The first kappa shape index (κ1) is 11.5. The van der Waals surface area contributed by atoms with Crippen LogP contribution in [0.4, 0.5) is 0 Å². The van der Waals surface area contributed by atoms with Crippen molar-refractivity contribution >= 4 is 16.6 Å². The minimum absolute atomic E-state index is 0.0745. The Morgan fingerprint density at radius 1 is 1.41 bits per heavy atom. The van der Waals surface area contributed by atoms with Gasteiger partial charge in [-0.05, 0) is 11.5 Å². The molecule has 3 heteroatoms. The fourth-order valence-corrected chi connectivity index (χ4v) is 1.74. The van der Waals surface area contributed by atoms with Crippen molar-refractivity contribution in [3.05, 3.63) is 54.9 Å². The maximum Gasteiger partial charge on any atom is 0.177 e. The highest BCUT2D eigenvalue weighted by atomic mass is 16.1. The zero-order valence-electron chi connectivity index (χ0n) is 9.52. The Balaban J connectivity index is 2.28. The number of carbonyl (C=O) groups is 1. The lowest BCUT2D eigenvalue weighted by atomic mass is 10.0. The van der Waals surface area contributed by atoms with Gasteiger partial charge in [-0.2, -0.15) is 0 Å². The summed E-state index contributed by atoms with van der Waals surface area (Å²) in [7, 11) is 0. The van der Waals surface area contributed by atoms with Gasteiger partial charge in [-0.15, -0.1) is 6.58 Å². The van der Waals surface area contributed by atoms with E-state index in [4.69, 9.17) is 0 Å². The third-order valence-electron chi connectivity index (χ3n) is 2.56. The fourth-order valence-electron chi connectivity index (χ4n) is 1.74. The summed E-state index contributed by atoms with van der Waals surface area (Å²) in [6.07, 6.45) is 5.19. The zero-order valence-corrected chi connectivity index (χ0v) is 9.52. The second-order valence-electron chi connectivity index (χ2n) is 3.75. The van der Waals surface area contributed by atoms with Crippen LogP contribution in [-0.2, 0) is 0 Å². The van der Waals surface area contributed by atoms with E-state index in [-0.39, 0.29) is 5.78 Å². The molecule has 1 aromatic carbocycles. The van der Waals surface area contributed by atoms with Crippen LogP contribution in [0.2, 0.25) is 0 Å². The number of nitrogens with zero attached hydrogens (tertiary/aromatic N) is 1. The molecule has 0 bridgehead atoms. The number of hydrogen-bond donors (Lipinski definition) is 1. The molecule has 0 aliphatic rings. The molecule has 0 atom stereocenters. The highest BCUT2D eigenvalue weighted by Crippen LogP contribution is 2.17. The van der Waals surface area contributed by atoms with E-state index in [0.29, 0.717) is 18.7 Å². The summed E-state index contributed by atoms with van der Waals surface area (Å²) in [6.45, 7) is 4.55. The van der Waals surface area contributed by atoms with E-state index in [9.17, 15) is 4.79 Å². The molecular weight excluding hydrogens is 212 g/mol. The molecule has 1 heterocycles. The Hall–Kier alpha value is -2.00. The van der Waals surface area contributed by atoms with Crippen LogP contribution in [0, 0.1) is 0 Å². The van der Waals surface area contributed by atoms with Gasteiger partial charge in [-0.3, -0.25) is 9.78 Å². The maximum atomic E-state index is 12.0. The first-order chi connectivity index (χ1) is 8.33. The molecule has 0 spiro atoms. The number of aromatic nitrogens is 1. The third kappa shape index (κ3) is 2.57. The lowest BCUT2D eigenvalue weighted by molar-refractivity contribution is 0.0994. The molecule has 2 rings (SSSR count). The van der Waals surface area contributed by atoms with Crippen molar-refractivity contribution in [1.29, 1.82) is 0 Å². The van der Waals surface area contributed by atoms with Crippen LogP contribution < -0.4 is 5.32 Å². The molecule has 3 nitrogen and oxygen atoms in total. The summed E-state index contributed by atoms with van der Waals surface area (Å²) in [4.78, 5) is 16.1. The molecule has 17 heavy (non-hydrogen) atoms. The van der Waals surface area contributed by atoms with E-state index in [1.165, 1.54) is 0 Å². The van der Waals surface area contributed by atoms with Crippen molar-refractivity contribution in [2.75, 3.05) is 13.1 Å². The second-order valence-corrected chi connectivity index (χ2v) is 3.75. The van der Waals surface area contributed by atoms with Crippen LogP contribution in [0.1, 0.15) is 10.4 Å². The lowest BCUT2D eigenvalue weighted by Gasteiger charge is -2.05. The highest BCUT2D eigenvalue weighted by Gasteiger charge is 2.08. The minimum Gasteiger partial charge on any atom is -0.306 e. The molecule has 0 fully saturated rings. The van der Waals surface area contributed by atoms with E-state index < -0.39 is 0 Å². The Morgan fingerprint density at radius 3 is 3.12 bits per heavy atom. The first-order valence-electron chi connectivity index (χ1n) is 5.50. The second kappa shape index (κ2) is 5.37. The topological polar surface area (TPSA) is 42.0 Å². The molecule has 0 saturated carbocycles. The molecule has 0 aliphatic carbocycles. The zero-order chi connectivity index (χ0) is 12.1. The summed E-state index contributed by atoms with van der Waals surface area (Å²) < 4.78 is 0. The standard InChI is InChI=1S/C14H14N2O/c1-2-7-15-10-14(17)12-5-3-4-11-6-8-16-9-13(11)12/h2-6,8-9,15H,1,7,10H2. The van der Waals surface area contributed by atoms with E-state index >= 15 is 0 Å². The molecule has 0 aliphatic heterocycles. The SMILES string of the molecule is C=CCNCC(=O)c1cccc2ccncc12. The van der Waals surface area contributed by atoms with Crippen molar-refractivity contribution in [2.45, 2.75) is 0 Å². The number of ketones is 1. The largest absolute Gasteiger partial charge is 0.306 e. The van der Waals surface area contributed by atoms with Gasteiger partial charge in [0.05, 0.1) is 6.54 Å². The van der Waals surface area contributed by atoms with E-state index in [2.05, 4.69) is 16.9 Å². The molecule has 1 N–H and O–H groups in total. The normalized spacial score (nSPS) is 10.4. The van der Waals surface area contributed by atoms with Gasteiger partial charge in [-0.1, -0.05) is 24.3 Å². The Bertz CT molecular complexity index is 543. The van der Waals surface area contributed by atoms with Crippen molar-refractivity contribution in [1.82, 2.24) is 10.3 Å². The maximum absolute atomic E-state index is 12.0. The Morgan fingerprint density at radius 2 is 2.29 bits per heavy atom. The summed E-state index contributed by atoms with van der Waals surface area (Å²) in [6, 6.07) is 7.61. The van der Waals surface area contributed by atoms with Crippen LogP contribution in [0.5, 0.6) is 0 Å². The summed E-state index contributed by atoms with van der Waals surface area (Å²) in [5.41, 5.74) is 0.715. The van der Waals surface area contributed by atoms with E-state index in [0.717, 1.165) is 10.8 Å². The summed E-state index contributed by atoms with van der Waals surface area (Å²) >= 11 is 0. The van der Waals surface area contributed by atoms with Crippen LogP contribution >= 0.6 is 0 Å². The molecule has 0 radical (unpaired) electrons. The number of Topliss-reactive ketones (excluding diaryl/α,β-unsaturated/α-hetero) is 1. The first-order valence-corrected chi connectivity index (χ1v) is 5.50. The smallest absolute Gasteiger partial charge is 0.177 e. The lowest BCUT2D eigenvalue weighted by Crippen LogP contribution is -2.23. The quantitative estimate of drug-likeness (QED) is 0.483. The van der Waals surface area contributed by atoms with Gasteiger partial charge in [0, 0.05) is 29.9 Å². The van der Waals surface area contributed by atoms with Crippen molar-refractivity contribution in [2.24, 2.45) is 0 Å². The summed E-state index contributed by atoms with van der Waals surface area (Å²) in [5.74, 6) is 0.0745. The fraction of sp³-hybridized carbons (Fsp3) is 0.143. The molecule has 86 valence electrons. The monoisotopic (exact) mass is 226 g/mol. The predicted molar refractivity (Wildman–Crippen MR) is 69.1 cm³/mol. The van der Waals surface area contributed by atoms with Crippen molar-refractivity contribution in [3.8, 4) is 0 Å². The minimum atomic E-state index is 0.0745. The van der Waals surface area contributed by atoms with Gasteiger partial charge in [0.1, 0.15) is 0 Å². The van der Waals surface area contributed by atoms with Gasteiger partial charge in [0.2, 0.25) is 0 Å². The molecular formula is C14H14N2O. The number of fused-ring (bicyclic) bond motifs is 1. The number of hydrogen-bond acceptors (Lipinski definition) is 3. The van der Waals surface area contributed by atoms with E-state index in [1.807, 2.05) is 24.3 Å². The highest BCUT2D eigenvalue weighted by molar-refractivity contribution is 6.08. The third-order valence-corrected chi connectivity index (χ3v) is 2.56. The summed E-state index contributed by atoms with van der Waals surface area (Å²) in [5, 5.41) is 4.95. The van der Waals surface area contributed by atoms with Gasteiger partial charge in [0.15, 0.2) is 5.78 Å². The molecule has 1 aromatic heterocycles. The Kier molecular flexibility index (Phi) is 3.62. The van der Waals surface area contributed by atoms with Gasteiger partial charge in [-0.25, -0.2) is 0 Å². The molecule has 2 aromatic rings. The number of benzene rings is 1. The molecule has 0 saturated heterocycles. The average Bonchev–Trinajstić information content (AvgIpc) is 2.38. The van der Waals surface area contributed by atoms with Crippen LogP contribution in [0.25, 0.3) is 10.8 Å². The number of rotatable bonds is 5. The number of carbonyl (C=O) groups excluding carboxylic acids is 1. The van der Waals surface area contributed by atoms with Crippen LogP contribution in [-0.4, -0.2) is 23.9 Å².